The van der Waals surface area contributed by atoms with Crippen LogP contribution in [0.3, 0.4) is 0 Å². The fourth-order valence-electron chi connectivity index (χ4n) is 8.00. The molecule has 0 bridgehead atoms. The number of likely N-dealkylation sites (N-methyl/N-ethyl adjacent to an activating group) is 1. The zero-order chi connectivity index (χ0) is 44.2. The fourth-order valence-corrected chi connectivity index (χ4v) is 8.00. The first kappa shape index (κ1) is 45.6. The highest BCUT2D eigenvalue weighted by Crippen LogP contribution is 2.46. The third-order valence-corrected chi connectivity index (χ3v) is 10.6. The first-order valence-corrected chi connectivity index (χ1v) is 21.1. The number of rotatable bonds is 7. The van der Waals surface area contributed by atoms with E-state index in [1.807, 2.05) is 18.2 Å². The Morgan fingerprint density at radius 2 is 1.32 bits per heavy atom. The fraction of sp³-hybridized carbons (Fsp3) is 0.222. The molecule has 4 aromatic carbocycles. The molecule has 0 radical (unpaired) electrons. The summed E-state index contributed by atoms with van der Waals surface area (Å²) in [6.07, 6.45) is 13.5. The number of nitriles is 1. The smallest absolute Gasteiger partial charge is 0.287 e. The van der Waals surface area contributed by atoms with Crippen molar-refractivity contribution in [3.63, 3.8) is 0 Å². The van der Waals surface area contributed by atoms with Gasteiger partial charge in [-0.2, -0.15) is 14.4 Å². The van der Waals surface area contributed by atoms with Gasteiger partial charge in [-0.3, -0.25) is 0 Å². The Kier molecular flexibility index (Phi) is 13.7. The highest BCUT2D eigenvalue weighted by molar-refractivity contribution is 6.03. The molecule has 312 valence electrons. The first-order valence-electron chi connectivity index (χ1n) is 18.7. The molecule has 5 aromatic rings. The topological polar surface area (TPSA) is 223 Å². The molecule has 1 aromatic heterocycles. The summed E-state index contributed by atoms with van der Waals surface area (Å²) in [6, 6.07) is 36.2. The van der Waals surface area contributed by atoms with Crippen molar-refractivity contribution in [3.8, 4) is 11.8 Å². The lowest BCUT2D eigenvalue weighted by atomic mass is 9.81. The van der Waals surface area contributed by atoms with Crippen molar-refractivity contribution in [1.29, 1.82) is 5.26 Å². The van der Waals surface area contributed by atoms with Crippen LogP contribution in [-0.2, 0) is 17.4 Å². The number of benzene rings is 4. The maximum absolute atomic E-state index is 9.74. The van der Waals surface area contributed by atoms with Crippen molar-refractivity contribution >= 4 is 34.2 Å². The van der Waals surface area contributed by atoms with Crippen LogP contribution in [0.25, 0.3) is 22.8 Å². The van der Waals surface area contributed by atoms with Gasteiger partial charge in [-0.1, -0.05) is 74.5 Å². The Hall–Kier alpha value is -5.47. The van der Waals surface area contributed by atoms with Gasteiger partial charge in [-0.15, -0.1) is 20.5 Å². The van der Waals surface area contributed by atoms with Gasteiger partial charge in [0.2, 0.25) is 5.69 Å². The highest BCUT2D eigenvalue weighted by Gasteiger charge is 2.42. The number of hydrogen-bond donors (Lipinski definition) is 0. The molecule has 0 atom stereocenters. The maximum Gasteiger partial charge on any atom is 0.287 e. The van der Waals surface area contributed by atoms with Gasteiger partial charge in [-0.25, -0.2) is 41.8 Å². The molecular weight excluding hydrogens is 809 g/mol. The van der Waals surface area contributed by atoms with Crippen molar-refractivity contribution in [2.45, 2.75) is 52.0 Å². The summed E-state index contributed by atoms with van der Waals surface area (Å²) in [5, 5.41) is 9.74. The number of fused-ring (bicyclic) bond motifs is 3. The molecule has 60 heavy (non-hydrogen) atoms. The number of allylic oxidation sites excluding steroid dienone is 7. The Balaban J connectivity index is 0.000000613. The van der Waals surface area contributed by atoms with Crippen LogP contribution in [0.2, 0.25) is 0 Å². The number of para-hydroxylation sites is 3. The Bertz CT molecular complexity index is 2550. The second-order valence-corrected chi connectivity index (χ2v) is 16.5. The molecule has 0 unspecified atom stereocenters. The summed E-state index contributed by atoms with van der Waals surface area (Å²) in [7, 11) is -5.56. The molecule has 0 saturated heterocycles. The van der Waals surface area contributed by atoms with Crippen LogP contribution in [0.5, 0.6) is 0 Å². The Morgan fingerprint density at radius 1 is 0.750 bits per heavy atom. The minimum Gasteiger partial charge on any atom is -0.347 e. The lowest BCUT2D eigenvalue weighted by Crippen LogP contribution is -2.68. The van der Waals surface area contributed by atoms with Gasteiger partial charge >= 0.3 is 0 Å². The molecule has 3 heterocycles. The lowest BCUT2D eigenvalue weighted by Gasteiger charge is -2.23. The van der Waals surface area contributed by atoms with Gasteiger partial charge < -0.3 is 4.90 Å². The number of aryl methyl sites for hydroxylation is 1. The van der Waals surface area contributed by atoms with Crippen molar-refractivity contribution in [2.75, 3.05) is 19.0 Å². The van der Waals surface area contributed by atoms with Crippen molar-refractivity contribution in [2.24, 2.45) is 0 Å². The summed E-state index contributed by atoms with van der Waals surface area (Å²) in [5.41, 5.74) is 12.3. The zero-order valence-electron chi connectivity index (χ0n) is 34.2. The van der Waals surface area contributed by atoms with E-state index in [0.29, 0.717) is 5.56 Å². The van der Waals surface area contributed by atoms with E-state index in [9.17, 15) is 5.26 Å². The van der Waals surface area contributed by atoms with Crippen LogP contribution in [-0.4, -0.2) is 28.9 Å². The summed E-state index contributed by atoms with van der Waals surface area (Å²) < 4.78 is 74.9. The monoisotopic (exact) mass is 853 g/mol. The van der Waals surface area contributed by atoms with Gasteiger partial charge in [0.15, 0.2) is 16.7 Å². The third kappa shape index (κ3) is 10.3. The quantitative estimate of drug-likeness (QED) is 0.155. The highest BCUT2D eigenvalue weighted by atomic mass is 35.7. The number of aromatic nitrogens is 2. The van der Waals surface area contributed by atoms with E-state index >= 15 is 0 Å². The maximum atomic E-state index is 9.74. The van der Waals surface area contributed by atoms with Crippen LogP contribution in [0, 0.1) is 31.8 Å². The van der Waals surface area contributed by atoms with E-state index in [1.54, 1.807) is 0 Å². The second-order valence-electron chi connectivity index (χ2n) is 15.0. The predicted molar refractivity (Wildman–Crippen MR) is 206 cm³/mol. The van der Waals surface area contributed by atoms with Crippen LogP contribution < -0.4 is 46.7 Å². The summed E-state index contributed by atoms with van der Waals surface area (Å²) in [6.45, 7) is 12.1. The normalized spacial score (nSPS) is 16.5. The molecule has 0 saturated carbocycles. The standard InChI is InChI=1S/C45H45N5.2ClHO4/c1-8-49-40-30-33(31-46)22-26-39(40)50(34-16-10-9-11-17-34)43(49)29-25-32(23-27-41-44(2,3)35-18-12-14-20-37(35)47(41)6)24-28-42-45(4,5)36-19-13-15-21-38(36)48(42)7;2*2-1(3,4)5/h9-30H,8H2,1-7H3;2*(H,2,3,4,5)/q+2;;/p-2. The van der Waals surface area contributed by atoms with E-state index in [-0.39, 0.29) is 10.8 Å². The van der Waals surface area contributed by atoms with Crippen molar-refractivity contribution in [3.05, 3.63) is 161 Å². The van der Waals surface area contributed by atoms with E-state index < -0.39 is 20.5 Å². The van der Waals surface area contributed by atoms with Crippen LogP contribution >= 0.6 is 0 Å². The number of hydrogen-bond acceptors (Lipinski definition) is 10. The van der Waals surface area contributed by atoms with Gasteiger partial charge in [-0.05, 0) is 80.5 Å². The van der Waals surface area contributed by atoms with E-state index in [0.717, 1.165) is 34.7 Å². The molecule has 2 aliphatic heterocycles. The molecule has 15 heteroatoms. The largest absolute Gasteiger partial charge is 0.347 e. The Morgan fingerprint density at radius 3 is 1.90 bits per heavy atom. The molecule has 0 fully saturated rings. The van der Waals surface area contributed by atoms with E-state index in [2.05, 4.69) is 189 Å². The average molecular weight is 855 g/mol. The number of anilines is 1. The molecule has 13 nitrogen and oxygen atoms in total. The first-order chi connectivity index (χ1) is 28.1. The number of imidazole rings is 1. The SMILES string of the molecule is CC[n+]1c(/C=C/C(=C\C=C2\N(C)c3ccccc3C2(C)C)/C=C/C2=[N+](C)c3ccccc3C2(C)C)n(-c2ccccc2)c2ccc(C#N)cc21.[O-][Cl+3]([O-])([O-])[O-].[O-][Cl+3]([O-])([O-])[O-]. The molecular formula is C45H45Cl2N5O8. The molecule has 0 aliphatic carbocycles. The van der Waals surface area contributed by atoms with Crippen LogP contribution in [0.4, 0.5) is 11.4 Å². The van der Waals surface area contributed by atoms with Gasteiger partial charge in [0.1, 0.15) is 12.7 Å². The second kappa shape index (κ2) is 18.0. The minimum absolute atomic E-state index is 0.131. The van der Waals surface area contributed by atoms with Gasteiger partial charge in [0, 0.05) is 53.7 Å². The average Bonchev–Trinajstić information content (AvgIpc) is 3.68. The Labute approximate surface area is 353 Å². The van der Waals surface area contributed by atoms with Crippen LogP contribution in [0.1, 0.15) is 57.1 Å². The molecule has 7 rings (SSSR count). The summed E-state index contributed by atoms with van der Waals surface area (Å²) >= 11 is 0. The third-order valence-electron chi connectivity index (χ3n) is 10.6. The van der Waals surface area contributed by atoms with Crippen molar-refractivity contribution < 1.29 is 66.9 Å². The minimum atomic E-state index is -4.94. The van der Waals surface area contributed by atoms with E-state index in [1.165, 1.54) is 33.9 Å². The predicted octanol–water partition coefficient (Wildman–Crippen LogP) is -0.189. The van der Waals surface area contributed by atoms with Gasteiger partial charge in [0.05, 0.1) is 23.6 Å². The lowest BCUT2D eigenvalue weighted by molar-refractivity contribution is -2.00. The van der Waals surface area contributed by atoms with E-state index in [4.69, 9.17) is 37.3 Å². The summed E-state index contributed by atoms with van der Waals surface area (Å²) in [5.74, 6) is 1.04. The molecule has 2 aliphatic rings. The number of nitrogens with zero attached hydrogens (tertiary/aromatic N) is 5. The van der Waals surface area contributed by atoms with Crippen molar-refractivity contribution in [1.82, 2.24) is 4.57 Å². The molecule has 0 N–H and O–H groups in total. The molecule has 0 amide bonds. The zero-order valence-corrected chi connectivity index (χ0v) is 35.7. The number of halogens is 2. The van der Waals surface area contributed by atoms with Crippen LogP contribution in [0.15, 0.2) is 139 Å². The molecule has 0 spiro atoms. The van der Waals surface area contributed by atoms with Gasteiger partial charge in [0.25, 0.3) is 5.82 Å². The summed E-state index contributed by atoms with van der Waals surface area (Å²) in [4.78, 5) is 2.32.